The lowest BCUT2D eigenvalue weighted by atomic mass is 9.93. The van der Waals surface area contributed by atoms with Gasteiger partial charge in [-0.2, -0.15) is 0 Å². The Kier molecular flexibility index (Phi) is 5.53. The fraction of sp³-hybridized carbons (Fsp3) is 1.00. The molecule has 3 heteroatoms. The minimum Gasteiger partial charge on any atom is -0.383 e. The maximum absolute atomic E-state index is 5.67. The largest absolute Gasteiger partial charge is 0.383 e. The van der Waals surface area contributed by atoms with Crippen molar-refractivity contribution >= 4 is 0 Å². The number of hydrogen-bond donors (Lipinski definition) is 1. The van der Waals surface area contributed by atoms with E-state index in [1.165, 1.54) is 0 Å². The summed E-state index contributed by atoms with van der Waals surface area (Å²) in [7, 11) is 3.85. The Bertz CT molecular complexity index is 137. The van der Waals surface area contributed by atoms with Gasteiger partial charge in [-0.15, -0.1) is 0 Å². The molecular formula is C10H24N2O. The van der Waals surface area contributed by atoms with Gasteiger partial charge in [-0.3, -0.25) is 0 Å². The van der Waals surface area contributed by atoms with E-state index >= 15 is 0 Å². The van der Waals surface area contributed by atoms with Gasteiger partial charge in [-0.1, -0.05) is 13.8 Å². The first-order chi connectivity index (χ1) is 5.93. The van der Waals surface area contributed by atoms with Crippen LogP contribution in [0.3, 0.4) is 0 Å². The molecule has 3 nitrogen and oxygen atoms in total. The molecule has 13 heavy (non-hydrogen) atoms. The lowest BCUT2D eigenvalue weighted by Gasteiger charge is -2.32. The number of rotatable bonds is 6. The molecule has 0 saturated carbocycles. The van der Waals surface area contributed by atoms with Gasteiger partial charge in [0.25, 0.3) is 0 Å². The third-order valence-electron chi connectivity index (χ3n) is 2.39. The zero-order chi connectivity index (χ0) is 10.5. The van der Waals surface area contributed by atoms with E-state index in [-0.39, 0.29) is 5.41 Å². The molecule has 0 amide bonds. The van der Waals surface area contributed by atoms with E-state index < -0.39 is 0 Å². The molecule has 0 bridgehead atoms. The summed E-state index contributed by atoms with van der Waals surface area (Å²) in [6.07, 6.45) is 0. The molecule has 0 spiro atoms. The SMILES string of the molecule is COCC(C)N(C)CC(C)(C)CN. The predicted molar refractivity (Wildman–Crippen MR) is 56.8 cm³/mol. The van der Waals surface area contributed by atoms with Gasteiger partial charge in [-0.05, 0) is 25.9 Å². The van der Waals surface area contributed by atoms with Gasteiger partial charge in [0, 0.05) is 19.7 Å². The first-order valence-electron chi connectivity index (χ1n) is 4.82. The fourth-order valence-electron chi connectivity index (χ4n) is 1.26. The van der Waals surface area contributed by atoms with Crippen molar-refractivity contribution in [3.63, 3.8) is 0 Å². The average Bonchev–Trinajstić information content (AvgIpc) is 2.04. The summed E-state index contributed by atoms with van der Waals surface area (Å²) in [4.78, 5) is 2.29. The van der Waals surface area contributed by atoms with Crippen LogP contribution in [0.2, 0.25) is 0 Å². The maximum Gasteiger partial charge on any atom is 0.0615 e. The fourth-order valence-corrected chi connectivity index (χ4v) is 1.26. The van der Waals surface area contributed by atoms with Crippen molar-refractivity contribution in [2.75, 3.05) is 33.9 Å². The summed E-state index contributed by atoms with van der Waals surface area (Å²) in [6, 6.07) is 0.454. The van der Waals surface area contributed by atoms with Crippen molar-refractivity contribution in [1.82, 2.24) is 4.90 Å². The molecule has 0 heterocycles. The molecule has 2 N–H and O–H groups in total. The Labute approximate surface area is 82.2 Å². The summed E-state index contributed by atoms with van der Waals surface area (Å²) < 4.78 is 5.10. The van der Waals surface area contributed by atoms with Gasteiger partial charge in [0.1, 0.15) is 0 Å². The van der Waals surface area contributed by atoms with Crippen molar-refractivity contribution in [2.24, 2.45) is 11.1 Å². The molecule has 0 aliphatic carbocycles. The van der Waals surface area contributed by atoms with Crippen molar-refractivity contribution in [1.29, 1.82) is 0 Å². The van der Waals surface area contributed by atoms with Crippen molar-refractivity contribution in [2.45, 2.75) is 26.8 Å². The third kappa shape index (κ3) is 5.24. The second kappa shape index (κ2) is 5.58. The van der Waals surface area contributed by atoms with Crippen molar-refractivity contribution in [3.8, 4) is 0 Å². The van der Waals surface area contributed by atoms with Crippen molar-refractivity contribution < 1.29 is 4.74 Å². The zero-order valence-corrected chi connectivity index (χ0v) is 9.63. The van der Waals surface area contributed by atoms with Gasteiger partial charge < -0.3 is 15.4 Å². The minimum atomic E-state index is 0.191. The van der Waals surface area contributed by atoms with Crippen LogP contribution in [-0.4, -0.2) is 44.8 Å². The summed E-state index contributed by atoms with van der Waals surface area (Å²) in [5.74, 6) is 0. The van der Waals surface area contributed by atoms with Crippen LogP contribution < -0.4 is 5.73 Å². The Morgan fingerprint density at radius 2 is 2.00 bits per heavy atom. The van der Waals surface area contributed by atoms with E-state index in [4.69, 9.17) is 10.5 Å². The predicted octanol–water partition coefficient (Wildman–Crippen LogP) is 0.938. The number of nitrogens with zero attached hydrogens (tertiary/aromatic N) is 1. The molecule has 1 atom stereocenters. The summed E-state index contributed by atoms with van der Waals surface area (Å²) in [5.41, 5.74) is 5.86. The summed E-state index contributed by atoms with van der Waals surface area (Å²) in [5, 5.41) is 0. The smallest absolute Gasteiger partial charge is 0.0615 e. The van der Waals surface area contributed by atoms with E-state index in [2.05, 4.69) is 32.7 Å². The highest BCUT2D eigenvalue weighted by atomic mass is 16.5. The number of nitrogens with two attached hydrogens (primary N) is 1. The van der Waals surface area contributed by atoms with Gasteiger partial charge >= 0.3 is 0 Å². The van der Waals surface area contributed by atoms with Crippen LogP contribution in [-0.2, 0) is 4.74 Å². The lowest BCUT2D eigenvalue weighted by molar-refractivity contribution is 0.0923. The van der Waals surface area contributed by atoms with Crippen LogP contribution in [0.4, 0.5) is 0 Å². The van der Waals surface area contributed by atoms with Crippen LogP contribution in [0.25, 0.3) is 0 Å². The first-order valence-corrected chi connectivity index (χ1v) is 4.82. The number of ether oxygens (including phenoxy) is 1. The monoisotopic (exact) mass is 188 g/mol. The average molecular weight is 188 g/mol. The molecule has 0 aromatic rings. The molecule has 0 aliphatic heterocycles. The molecule has 80 valence electrons. The zero-order valence-electron chi connectivity index (χ0n) is 9.63. The van der Waals surface area contributed by atoms with E-state index in [0.717, 1.165) is 19.7 Å². The summed E-state index contributed by atoms with van der Waals surface area (Å²) in [6.45, 7) is 9.03. The minimum absolute atomic E-state index is 0.191. The highest BCUT2D eigenvalue weighted by molar-refractivity contribution is 4.75. The highest BCUT2D eigenvalue weighted by Crippen LogP contribution is 2.15. The molecule has 0 saturated heterocycles. The van der Waals surface area contributed by atoms with E-state index in [1.54, 1.807) is 7.11 Å². The Morgan fingerprint density at radius 3 is 2.38 bits per heavy atom. The summed E-state index contributed by atoms with van der Waals surface area (Å²) >= 11 is 0. The number of methoxy groups -OCH3 is 1. The standard InChI is InChI=1S/C10H24N2O/c1-9(6-13-5)12(4)8-10(2,3)7-11/h9H,6-8,11H2,1-5H3. The maximum atomic E-state index is 5.67. The third-order valence-corrected chi connectivity index (χ3v) is 2.39. The molecule has 0 aromatic carbocycles. The van der Waals surface area contributed by atoms with Gasteiger partial charge in [0.2, 0.25) is 0 Å². The van der Waals surface area contributed by atoms with Gasteiger partial charge in [0.05, 0.1) is 6.61 Å². The van der Waals surface area contributed by atoms with Crippen LogP contribution in [0.1, 0.15) is 20.8 Å². The Balaban J connectivity index is 3.91. The van der Waals surface area contributed by atoms with Crippen molar-refractivity contribution in [3.05, 3.63) is 0 Å². The Hall–Kier alpha value is -0.120. The topological polar surface area (TPSA) is 38.5 Å². The first kappa shape index (κ1) is 12.9. The van der Waals surface area contributed by atoms with Gasteiger partial charge in [-0.25, -0.2) is 0 Å². The lowest BCUT2D eigenvalue weighted by Crippen LogP contribution is -2.42. The Morgan fingerprint density at radius 1 is 1.46 bits per heavy atom. The highest BCUT2D eigenvalue weighted by Gasteiger charge is 2.20. The quantitative estimate of drug-likeness (QED) is 0.674. The molecule has 1 unspecified atom stereocenters. The van der Waals surface area contributed by atoms with E-state index in [0.29, 0.717) is 6.04 Å². The second-order valence-corrected chi connectivity index (χ2v) is 4.59. The van der Waals surface area contributed by atoms with Crippen LogP contribution >= 0.6 is 0 Å². The number of hydrogen-bond acceptors (Lipinski definition) is 3. The molecule has 0 radical (unpaired) electrons. The normalized spacial score (nSPS) is 15.0. The number of likely N-dealkylation sites (N-methyl/N-ethyl adjacent to an activating group) is 1. The molecular weight excluding hydrogens is 164 g/mol. The molecule has 0 aliphatic rings. The molecule has 0 rings (SSSR count). The van der Waals surface area contributed by atoms with Crippen LogP contribution in [0, 0.1) is 5.41 Å². The van der Waals surface area contributed by atoms with Gasteiger partial charge in [0.15, 0.2) is 0 Å². The molecule has 0 aromatic heterocycles. The molecule has 0 fully saturated rings. The van der Waals surface area contributed by atoms with Crippen LogP contribution in [0.5, 0.6) is 0 Å². The van der Waals surface area contributed by atoms with E-state index in [1.807, 2.05) is 0 Å². The van der Waals surface area contributed by atoms with Crippen LogP contribution in [0.15, 0.2) is 0 Å². The second-order valence-electron chi connectivity index (χ2n) is 4.59. The van der Waals surface area contributed by atoms with E-state index in [9.17, 15) is 0 Å².